The Morgan fingerprint density at radius 3 is 2.44 bits per heavy atom. The van der Waals surface area contributed by atoms with Gasteiger partial charge < -0.3 is 9.84 Å². The molecule has 0 heterocycles. The first-order valence-electron chi connectivity index (χ1n) is 4.54. The molecular weight excluding hydrogens is 252 g/mol. The molecule has 90 valence electrons. The lowest BCUT2D eigenvalue weighted by molar-refractivity contribution is 0.370. The van der Waals surface area contributed by atoms with E-state index in [0.717, 1.165) is 5.56 Å². The van der Waals surface area contributed by atoms with E-state index in [4.69, 9.17) is 15.4 Å². The first-order valence-corrected chi connectivity index (χ1v) is 7.02. The first-order chi connectivity index (χ1) is 7.26. The molecule has 1 N–H and O–H groups in total. The minimum Gasteiger partial charge on any atom is -0.504 e. The second-order valence-electron chi connectivity index (χ2n) is 3.53. The number of methoxy groups -OCH3 is 1. The van der Waals surface area contributed by atoms with Crippen LogP contribution >= 0.6 is 10.7 Å². The summed E-state index contributed by atoms with van der Waals surface area (Å²) < 4.78 is 27.0. The maximum absolute atomic E-state index is 11.0. The fourth-order valence-electron chi connectivity index (χ4n) is 1.44. The minimum absolute atomic E-state index is 0.171. The van der Waals surface area contributed by atoms with E-state index in [1.807, 2.05) is 6.92 Å². The summed E-state index contributed by atoms with van der Waals surface area (Å²) in [5, 5.41) is 9.81. The summed E-state index contributed by atoms with van der Waals surface area (Å²) in [5.41, 5.74) is 1.82. The van der Waals surface area contributed by atoms with Crippen molar-refractivity contribution in [3.8, 4) is 11.5 Å². The summed E-state index contributed by atoms with van der Waals surface area (Å²) in [6.45, 7) is 3.54. The van der Waals surface area contributed by atoms with Crippen LogP contribution in [0.5, 0.6) is 11.5 Å². The number of aryl methyl sites for hydroxylation is 1. The molecule has 0 atom stereocenters. The van der Waals surface area contributed by atoms with Gasteiger partial charge in [-0.3, -0.25) is 0 Å². The predicted molar refractivity (Wildman–Crippen MR) is 62.6 cm³/mol. The maximum atomic E-state index is 11.0. The summed E-state index contributed by atoms with van der Waals surface area (Å²) in [5.74, 6) is -0.335. The molecule has 0 unspecified atom stereocenters. The lowest BCUT2D eigenvalue weighted by atomic mass is 10.0. The van der Waals surface area contributed by atoms with Crippen molar-refractivity contribution < 1.29 is 18.3 Å². The van der Waals surface area contributed by atoms with Gasteiger partial charge in [0, 0.05) is 16.2 Å². The lowest BCUT2D eigenvalue weighted by Gasteiger charge is -2.13. The van der Waals surface area contributed by atoms with Gasteiger partial charge in [0.2, 0.25) is 9.05 Å². The highest BCUT2D eigenvalue weighted by Gasteiger charge is 2.18. The standard InChI is InChI=1S/C10H13ClO4S/c1-6-4-9(15-3)10(12)8(7(6)2)5-16(11,13)14/h4,12H,5H2,1-3H3. The smallest absolute Gasteiger partial charge is 0.236 e. The summed E-state index contributed by atoms with van der Waals surface area (Å²) in [6, 6.07) is 1.65. The number of phenols is 1. The average molecular weight is 265 g/mol. The summed E-state index contributed by atoms with van der Waals surface area (Å²) in [6.07, 6.45) is 0. The number of hydrogen-bond donors (Lipinski definition) is 1. The van der Waals surface area contributed by atoms with Crippen molar-refractivity contribution in [2.45, 2.75) is 19.6 Å². The van der Waals surface area contributed by atoms with Gasteiger partial charge in [-0.05, 0) is 31.0 Å². The zero-order chi connectivity index (χ0) is 12.5. The van der Waals surface area contributed by atoms with E-state index in [-0.39, 0.29) is 17.1 Å². The highest BCUT2D eigenvalue weighted by atomic mass is 35.7. The fraction of sp³-hybridized carbons (Fsp3) is 0.400. The van der Waals surface area contributed by atoms with Gasteiger partial charge in [-0.25, -0.2) is 8.42 Å². The van der Waals surface area contributed by atoms with Crippen LogP contribution in [0.1, 0.15) is 16.7 Å². The van der Waals surface area contributed by atoms with Crippen molar-refractivity contribution in [1.29, 1.82) is 0 Å². The molecule has 16 heavy (non-hydrogen) atoms. The second-order valence-corrected chi connectivity index (χ2v) is 6.31. The maximum Gasteiger partial charge on any atom is 0.236 e. The van der Waals surface area contributed by atoms with Crippen LogP contribution in [0.4, 0.5) is 0 Å². The van der Waals surface area contributed by atoms with Crippen LogP contribution in [0.3, 0.4) is 0 Å². The van der Waals surface area contributed by atoms with E-state index in [0.29, 0.717) is 5.56 Å². The molecule has 0 bridgehead atoms. The van der Waals surface area contributed by atoms with E-state index in [9.17, 15) is 13.5 Å². The van der Waals surface area contributed by atoms with Gasteiger partial charge >= 0.3 is 0 Å². The third-order valence-electron chi connectivity index (χ3n) is 2.45. The number of hydrogen-bond acceptors (Lipinski definition) is 4. The molecule has 0 radical (unpaired) electrons. The summed E-state index contributed by atoms with van der Waals surface area (Å²) in [7, 11) is 2.88. The van der Waals surface area contributed by atoms with Crippen LogP contribution in [-0.4, -0.2) is 20.6 Å². The van der Waals surface area contributed by atoms with E-state index in [2.05, 4.69) is 0 Å². The highest BCUT2D eigenvalue weighted by Crippen LogP contribution is 2.35. The van der Waals surface area contributed by atoms with Crippen molar-refractivity contribution in [3.05, 3.63) is 22.8 Å². The molecule has 0 fully saturated rings. The Kier molecular flexibility index (Phi) is 3.70. The molecule has 6 heteroatoms. The zero-order valence-corrected chi connectivity index (χ0v) is 10.8. The Bertz CT molecular complexity index is 508. The normalized spacial score (nSPS) is 11.5. The van der Waals surface area contributed by atoms with Crippen LogP contribution in [0.25, 0.3) is 0 Å². The van der Waals surface area contributed by atoms with Crippen LogP contribution in [0.2, 0.25) is 0 Å². The van der Waals surface area contributed by atoms with Gasteiger partial charge in [-0.15, -0.1) is 0 Å². The van der Waals surface area contributed by atoms with Crippen LogP contribution in [0, 0.1) is 13.8 Å². The van der Waals surface area contributed by atoms with Gasteiger partial charge in [0.05, 0.1) is 12.9 Å². The van der Waals surface area contributed by atoms with Gasteiger partial charge in [-0.1, -0.05) is 0 Å². The largest absolute Gasteiger partial charge is 0.504 e. The van der Waals surface area contributed by atoms with Crippen molar-refractivity contribution in [2.24, 2.45) is 0 Å². The Morgan fingerprint density at radius 2 is 2.00 bits per heavy atom. The lowest BCUT2D eigenvalue weighted by Crippen LogP contribution is -2.01. The number of benzene rings is 1. The Labute approximate surface area is 99.2 Å². The van der Waals surface area contributed by atoms with E-state index < -0.39 is 14.8 Å². The first kappa shape index (κ1) is 13.1. The van der Waals surface area contributed by atoms with Gasteiger partial charge in [0.15, 0.2) is 11.5 Å². The van der Waals surface area contributed by atoms with Gasteiger partial charge in [-0.2, -0.15) is 0 Å². The predicted octanol–water partition coefficient (Wildman–Crippen LogP) is 2.09. The Hall–Kier alpha value is -0.940. The second kappa shape index (κ2) is 4.51. The van der Waals surface area contributed by atoms with Crippen molar-refractivity contribution in [1.82, 2.24) is 0 Å². The third-order valence-corrected chi connectivity index (χ3v) is 3.41. The minimum atomic E-state index is -3.71. The van der Waals surface area contributed by atoms with Crippen molar-refractivity contribution in [3.63, 3.8) is 0 Å². The molecule has 0 saturated carbocycles. The molecule has 0 aromatic heterocycles. The molecule has 4 nitrogen and oxygen atoms in total. The summed E-state index contributed by atoms with van der Waals surface area (Å²) >= 11 is 0. The molecule has 0 spiro atoms. The summed E-state index contributed by atoms with van der Waals surface area (Å²) in [4.78, 5) is 0. The number of phenolic OH excluding ortho intramolecular Hbond substituents is 1. The zero-order valence-electron chi connectivity index (χ0n) is 9.24. The molecule has 1 aromatic rings. The number of halogens is 1. The van der Waals surface area contributed by atoms with E-state index in [1.54, 1.807) is 13.0 Å². The number of rotatable bonds is 3. The fourth-order valence-corrected chi connectivity index (χ4v) is 2.47. The van der Waals surface area contributed by atoms with Crippen molar-refractivity contribution in [2.75, 3.05) is 7.11 Å². The number of aromatic hydroxyl groups is 1. The molecule has 0 saturated heterocycles. The molecule has 1 rings (SSSR count). The van der Waals surface area contributed by atoms with Crippen LogP contribution in [-0.2, 0) is 14.8 Å². The van der Waals surface area contributed by atoms with E-state index >= 15 is 0 Å². The van der Waals surface area contributed by atoms with E-state index in [1.165, 1.54) is 7.11 Å². The highest BCUT2D eigenvalue weighted by molar-refractivity contribution is 8.13. The van der Waals surface area contributed by atoms with Gasteiger partial charge in [0.25, 0.3) is 0 Å². The molecule has 0 amide bonds. The topological polar surface area (TPSA) is 63.6 Å². The molecule has 0 aliphatic rings. The number of ether oxygens (including phenoxy) is 1. The molecule has 1 aromatic carbocycles. The quantitative estimate of drug-likeness (QED) is 0.849. The molecule has 0 aliphatic heterocycles. The van der Waals surface area contributed by atoms with Gasteiger partial charge in [0.1, 0.15) is 0 Å². The SMILES string of the molecule is COc1cc(C)c(C)c(CS(=O)(=O)Cl)c1O. The van der Waals surface area contributed by atoms with Crippen molar-refractivity contribution >= 4 is 19.7 Å². The average Bonchev–Trinajstić information content (AvgIpc) is 2.17. The molecule has 0 aliphatic carbocycles. The van der Waals surface area contributed by atoms with Crippen LogP contribution in [0.15, 0.2) is 6.07 Å². The Balaban J connectivity index is 3.42. The molecular formula is C10H13ClO4S. The third kappa shape index (κ3) is 2.80. The monoisotopic (exact) mass is 264 g/mol. The van der Waals surface area contributed by atoms with Crippen LogP contribution < -0.4 is 4.74 Å². The Morgan fingerprint density at radius 1 is 1.44 bits per heavy atom.